The molecule has 0 amide bonds. The van der Waals surface area contributed by atoms with E-state index < -0.39 is 13.0 Å². The maximum Gasteiger partial charge on any atom is 0.453 e. The first-order valence-corrected chi connectivity index (χ1v) is 3.85. The summed E-state index contributed by atoms with van der Waals surface area (Å²) in [6.07, 6.45) is -4.30. The Bertz CT molecular complexity index is 323. The fraction of sp³-hybridized carbons (Fsp3) is 0.250. The summed E-state index contributed by atoms with van der Waals surface area (Å²) in [6, 6.07) is 6.41. The maximum absolute atomic E-state index is 12.3. The van der Waals surface area contributed by atoms with Crippen molar-refractivity contribution >= 4 is 12.4 Å². The lowest BCUT2D eigenvalue weighted by atomic mass is 9.60. The van der Waals surface area contributed by atoms with Gasteiger partial charge in [0.25, 0.3) is 0 Å². The topological polar surface area (TPSA) is 9.23 Å². The normalized spacial score (nSPS) is 16.1. The Morgan fingerprint density at radius 3 is 2.62 bits per heavy atom. The van der Waals surface area contributed by atoms with Crippen molar-refractivity contribution in [3.8, 4) is 0 Å². The molecule has 1 nitrogen and oxygen atoms in total. The SMILES string of the molecule is FC(F)(F)B1OCc2ccccc21. The van der Waals surface area contributed by atoms with Gasteiger partial charge in [0, 0.05) is 0 Å². The molecule has 1 aliphatic heterocycles. The number of hydrogen-bond donors (Lipinski definition) is 0. The molecular formula is C8H6BF3O. The predicted octanol–water partition coefficient (Wildman–Crippen LogP) is 1.52. The highest BCUT2D eigenvalue weighted by Gasteiger charge is 2.50. The molecule has 0 aromatic heterocycles. The molecule has 2 rings (SSSR count). The van der Waals surface area contributed by atoms with Crippen LogP contribution >= 0.6 is 0 Å². The zero-order chi connectivity index (χ0) is 9.47. The monoisotopic (exact) mass is 186 g/mol. The van der Waals surface area contributed by atoms with E-state index in [4.69, 9.17) is 0 Å². The zero-order valence-corrected chi connectivity index (χ0v) is 6.64. The second-order valence-electron chi connectivity index (χ2n) is 2.93. The summed E-state index contributed by atoms with van der Waals surface area (Å²) in [5.41, 5.74) is 0.875. The first-order chi connectivity index (χ1) is 6.09. The smallest absolute Gasteiger partial charge is 0.420 e. The van der Waals surface area contributed by atoms with Crippen LogP contribution < -0.4 is 5.46 Å². The standard InChI is InChI=1S/C8H6BF3O/c10-8(11,12)9-7-4-2-1-3-6(7)5-13-9/h1-4H,5H2. The molecule has 0 unspecified atom stereocenters. The van der Waals surface area contributed by atoms with Gasteiger partial charge in [0.15, 0.2) is 0 Å². The van der Waals surface area contributed by atoms with Crippen LogP contribution in [0.4, 0.5) is 13.2 Å². The maximum atomic E-state index is 12.3. The van der Waals surface area contributed by atoms with Crippen LogP contribution in [0.2, 0.25) is 0 Å². The summed E-state index contributed by atoms with van der Waals surface area (Å²) in [5.74, 6) is 0. The van der Waals surface area contributed by atoms with Crippen LogP contribution in [0.3, 0.4) is 0 Å². The van der Waals surface area contributed by atoms with E-state index in [2.05, 4.69) is 4.65 Å². The van der Waals surface area contributed by atoms with E-state index in [1.165, 1.54) is 6.07 Å². The van der Waals surface area contributed by atoms with Crippen molar-refractivity contribution in [2.24, 2.45) is 0 Å². The predicted molar refractivity (Wildman–Crippen MR) is 42.7 cm³/mol. The van der Waals surface area contributed by atoms with Crippen molar-refractivity contribution in [1.29, 1.82) is 0 Å². The van der Waals surface area contributed by atoms with Gasteiger partial charge in [0.1, 0.15) is 0 Å². The molecule has 0 radical (unpaired) electrons. The number of halogens is 3. The molecule has 0 aliphatic carbocycles. The van der Waals surface area contributed by atoms with Gasteiger partial charge in [-0.05, 0) is 11.0 Å². The van der Waals surface area contributed by atoms with Gasteiger partial charge in [-0.2, -0.15) is 13.2 Å². The Balaban J connectivity index is 2.39. The zero-order valence-electron chi connectivity index (χ0n) is 6.64. The van der Waals surface area contributed by atoms with E-state index in [-0.39, 0.29) is 12.1 Å². The molecule has 0 atom stereocenters. The Kier molecular flexibility index (Phi) is 1.84. The minimum atomic E-state index is -4.30. The highest BCUT2D eigenvalue weighted by molar-refractivity contribution is 6.70. The van der Waals surface area contributed by atoms with Gasteiger partial charge in [-0.3, -0.25) is 0 Å². The van der Waals surface area contributed by atoms with Crippen molar-refractivity contribution in [2.45, 2.75) is 12.7 Å². The van der Waals surface area contributed by atoms with Crippen molar-refractivity contribution in [3.05, 3.63) is 29.8 Å². The van der Waals surface area contributed by atoms with Crippen LogP contribution in [0.1, 0.15) is 5.56 Å². The largest absolute Gasteiger partial charge is 0.453 e. The Morgan fingerprint density at radius 1 is 1.23 bits per heavy atom. The van der Waals surface area contributed by atoms with Crippen molar-refractivity contribution in [1.82, 2.24) is 0 Å². The van der Waals surface area contributed by atoms with E-state index in [0.29, 0.717) is 5.56 Å². The van der Waals surface area contributed by atoms with Gasteiger partial charge in [-0.15, -0.1) is 0 Å². The number of benzene rings is 1. The van der Waals surface area contributed by atoms with Gasteiger partial charge in [0.05, 0.1) is 6.61 Å². The lowest BCUT2D eigenvalue weighted by Crippen LogP contribution is -2.43. The summed E-state index contributed by atoms with van der Waals surface area (Å²) < 4.78 is 41.6. The summed E-state index contributed by atoms with van der Waals surface area (Å²) in [7, 11) is 0. The van der Waals surface area contributed by atoms with E-state index in [1.807, 2.05) is 0 Å². The lowest BCUT2D eigenvalue weighted by molar-refractivity contribution is -0.0633. The number of rotatable bonds is 0. The molecule has 13 heavy (non-hydrogen) atoms. The molecule has 0 saturated carbocycles. The van der Waals surface area contributed by atoms with E-state index in [0.717, 1.165) is 0 Å². The fourth-order valence-corrected chi connectivity index (χ4v) is 1.46. The number of fused-ring (bicyclic) bond motifs is 1. The van der Waals surface area contributed by atoms with E-state index in [1.54, 1.807) is 18.2 Å². The Hall–Kier alpha value is -0.965. The van der Waals surface area contributed by atoms with E-state index in [9.17, 15) is 13.2 Å². The number of hydrogen-bond acceptors (Lipinski definition) is 1. The lowest BCUT2D eigenvalue weighted by Gasteiger charge is -2.10. The molecule has 0 saturated heterocycles. The second-order valence-corrected chi connectivity index (χ2v) is 2.93. The first-order valence-electron chi connectivity index (χ1n) is 3.85. The van der Waals surface area contributed by atoms with Gasteiger partial charge in [0.2, 0.25) is 0 Å². The highest BCUT2D eigenvalue weighted by atomic mass is 19.4. The molecule has 1 aliphatic rings. The molecular weight excluding hydrogens is 180 g/mol. The fourth-order valence-electron chi connectivity index (χ4n) is 1.46. The molecule has 0 bridgehead atoms. The van der Waals surface area contributed by atoms with Crippen molar-refractivity contribution in [3.63, 3.8) is 0 Å². The van der Waals surface area contributed by atoms with Gasteiger partial charge in [-0.1, -0.05) is 24.3 Å². The van der Waals surface area contributed by atoms with E-state index >= 15 is 0 Å². The summed E-state index contributed by atoms with van der Waals surface area (Å²) in [5, 5.41) is 0. The quantitative estimate of drug-likeness (QED) is 0.558. The van der Waals surface area contributed by atoms with Crippen LogP contribution in [0.15, 0.2) is 24.3 Å². The molecule has 68 valence electrons. The third-order valence-electron chi connectivity index (χ3n) is 2.04. The molecule has 1 aromatic rings. The summed E-state index contributed by atoms with van der Waals surface area (Å²) in [6.45, 7) is -1.68. The van der Waals surface area contributed by atoms with Crippen LogP contribution in [-0.4, -0.2) is 13.0 Å². The van der Waals surface area contributed by atoms with Crippen LogP contribution in [0.5, 0.6) is 0 Å². The third kappa shape index (κ3) is 1.44. The molecule has 1 heterocycles. The Morgan fingerprint density at radius 2 is 1.92 bits per heavy atom. The van der Waals surface area contributed by atoms with Gasteiger partial charge in [-0.25, -0.2) is 0 Å². The molecule has 0 N–H and O–H groups in total. The summed E-state index contributed by atoms with van der Waals surface area (Å²) in [4.78, 5) is 0. The minimum absolute atomic E-state index is 0.0559. The average molecular weight is 186 g/mol. The molecule has 1 aromatic carbocycles. The Labute approximate surface area is 73.6 Å². The van der Waals surface area contributed by atoms with Crippen LogP contribution in [-0.2, 0) is 11.3 Å². The van der Waals surface area contributed by atoms with Crippen molar-refractivity contribution < 1.29 is 17.8 Å². The van der Waals surface area contributed by atoms with Gasteiger partial charge >= 0.3 is 13.0 Å². The van der Waals surface area contributed by atoms with Gasteiger partial charge < -0.3 is 4.65 Å². The number of alkyl halides is 3. The average Bonchev–Trinajstić information content (AvgIpc) is 2.45. The first kappa shape index (κ1) is 8.63. The molecule has 0 fully saturated rings. The van der Waals surface area contributed by atoms with Crippen LogP contribution in [0, 0.1) is 0 Å². The minimum Gasteiger partial charge on any atom is -0.420 e. The summed E-state index contributed by atoms with van der Waals surface area (Å²) >= 11 is 0. The second kappa shape index (κ2) is 2.77. The van der Waals surface area contributed by atoms with Crippen molar-refractivity contribution in [2.75, 3.05) is 0 Å². The molecule has 5 heteroatoms. The van der Waals surface area contributed by atoms with Crippen LogP contribution in [0.25, 0.3) is 0 Å². The highest BCUT2D eigenvalue weighted by Crippen LogP contribution is 2.25. The molecule has 0 spiro atoms. The third-order valence-corrected chi connectivity index (χ3v) is 2.04.